The lowest BCUT2D eigenvalue weighted by Crippen LogP contribution is -2.24. The van der Waals surface area contributed by atoms with Crippen LogP contribution in [0.1, 0.15) is 18.9 Å². The van der Waals surface area contributed by atoms with Crippen LogP contribution in [0.25, 0.3) is 0 Å². The molecule has 2 rings (SSSR count). The molecule has 0 aliphatic heterocycles. The minimum Gasteiger partial charge on any atom is -0.369 e. The number of nitrogens with zero attached hydrogens (tertiary/aromatic N) is 1. The average Bonchev–Trinajstić information content (AvgIpc) is 2.52. The van der Waals surface area contributed by atoms with Gasteiger partial charge in [-0.25, -0.2) is 18.1 Å². The summed E-state index contributed by atoms with van der Waals surface area (Å²) < 4.78 is 27.4. The zero-order valence-corrected chi connectivity index (χ0v) is 12.7. The molecule has 0 fully saturated rings. The molecule has 0 spiro atoms. The Morgan fingerprint density at radius 2 is 1.86 bits per heavy atom. The van der Waals surface area contributed by atoms with E-state index in [1.807, 2.05) is 37.3 Å². The second-order valence-corrected chi connectivity index (χ2v) is 6.32. The van der Waals surface area contributed by atoms with Crippen LogP contribution in [-0.4, -0.2) is 19.9 Å². The fourth-order valence-corrected chi connectivity index (χ4v) is 2.98. The van der Waals surface area contributed by atoms with Crippen molar-refractivity contribution in [2.75, 3.05) is 11.9 Å². The van der Waals surface area contributed by atoms with E-state index in [1.165, 1.54) is 0 Å². The molecular weight excluding hydrogens is 286 g/mol. The molecule has 0 saturated carbocycles. The maximum absolute atomic E-state index is 12.4. The molecule has 0 radical (unpaired) electrons. The van der Waals surface area contributed by atoms with Crippen molar-refractivity contribution in [3.05, 3.63) is 54.2 Å². The van der Waals surface area contributed by atoms with Crippen LogP contribution in [0, 0.1) is 0 Å². The summed E-state index contributed by atoms with van der Waals surface area (Å²) in [7, 11) is -3.59. The van der Waals surface area contributed by atoms with Crippen molar-refractivity contribution in [1.82, 2.24) is 9.71 Å². The van der Waals surface area contributed by atoms with E-state index in [0.29, 0.717) is 12.4 Å². The van der Waals surface area contributed by atoms with Crippen LogP contribution < -0.4 is 10.0 Å². The highest BCUT2D eigenvalue weighted by molar-refractivity contribution is 7.89. The summed E-state index contributed by atoms with van der Waals surface area (Å²) >= 11 is 0. The third kappa shape index (κ3) is 4.27. The van der Waals surface area contributed by atoms with Crippen LogP contribution in [-0.2, 0) is 16.6 Å². The molecule has 0 aliphatic rings. The van der Waals surface area contributed by atoms with Gasteiger partial charge in [-0.2, -0.15) is 0 Å². The van der Waals surface area contributed by atoms with Crippen LogP contribution in [0.4, 0.5) is 5.82 Å². The quantitative estimate of drug-likeness (QED) is 0.824. The summed E-state index contributed by atoms with van der Waals surface area (Å²) in [5.41, 5.74) is 0.910. The van der Waals surface area contributed by atoms with Gasteiger partial charge in [0.15, 0.2) is 0 Å². The summed E-state index contributed by atoms with van der Waals surface area (Å²) in [6.07, 6.45) is 2.47. The van der Waals surface area contributed by atoms with Gasteiger partial charge in [0.2, 0.25) is 10.0 Å². The zero-order chi connectivity index (χ0) is 15.1. The van der Waals surface area contributed by atoms with Crippen LogP contribution in [0.2, 0.25) is 0 Å². The fourth-order valence-electron chi connectivity index (χ4n) is 1.84. The topological polar surface area (TPSA) is 71.1 Å². The van der Waals surface area contributed by atoms with E-state index in [4.69, 9.17) is 0 Å². The highest BCUT2D eigenvalue weighted by Crippen LogP contribution is 2.18. The molecule has 1 aromatic carbocycles. The van der Waals surface area contributed by atoms with E-state index in [-0.39, 0.29) is 11.4 Å². The lowest BCUT2D eigenvalue weighted by atomic mass is 10.2. The van der Waals surface area contributed by atoms with Gasteiger partial charge >= 0.3 is 0 Å². The Morgan fingerprint density at radius 3 is 2.57 bits per heavy atom. The Balaban J connectivity index is 2.15. The summed E-state index contributed by atoms with van der Waals surface area (Å²) in [5, 5.41) is 3.04. The van der Waals surface area contributed by atoms with Crippen LogP contribution in [0.5, 0.6) is 0 Å². The molecule has 5 nitrogen and oxygen atoms in total. The molecule has 1 aromatic heterocycles. The van der Waals surface area contributed by atoms with Crippen molar-refractivity contribution >= 4 is 15.8 Å². The molecule has 2 N–H and O–H groups in total. The lowest BCUT2D eigenvalue weighted by Gasteiger charge is -2.11. The van der Waals surface area contributed by atoms with E-state index in [1.54, 1.807) is 18.3 Å². The first kappa shape index (κ1) is 15.5. The summed E-state index contributed by atoms with van der Waals surface area (Å²) in [5.74, 6) is 0.389. The minimum absolute atomic E-state index is 0.175. The molecule has 112 valence electrons. The Kier molecular flexibility index (Phi) is 5.30. The highest BCUT2D eigenvalue weighted by atomic mass is 32.2. The second kappa shape index (κ2) is 7.19. The summed E-state index contributed by atoms with van der Waals surface area (Å²) in [4.78, 5) is 4.28. The van der Waals surface area contributed by atoms with Gasteiger partial charge in [0.1, 0.15) is 10.7 Å². The van der Waals surface area contributed by atoms with Gasteiger partial charge in [-0.3, -0.25) is 0 Å². The highest BCUT2D eigenvalue weighted by Gasteiger charge is 2.18. The molecule has 0 amide bonds. The monoisotopic (exact) mass is 305 g/mol. The maximum atomic E-state index is 12.4. The largest absolute Gasteiger partial charge is 0.369 e. The predicted octanol–water partition coefficient (Wildman–Crippen LogP) is 2.38. The predicted molar refractivity (Wildman–Crippen MR) is 83.5 cm³/mol. The number of rotatable bonds is 7. The lowest BCUT2D eigenvalue weighted by molar-refractivity contribution is 0.581. The minimum atomic E-state index is -3.59. The number of hydrogen-bond donors (Lipinski definition) is 2. The standard InChI is InChI=1S/C15H19N3O2S/c1-2-10-16-15-14(9-6-11-17-15)21(19,20)18-12-13-7-4-3-5-8-13/h3-9,11,18H,2,10,12H2,1H3,(H,16,17). The van der Waals surface area contributed by atoms with E-state index >= 15 is 0 Å². The van der Waals surface area contributed by atoms with Gasteiger partial charge in [0.25, 0.3) is 0 Å². The van der Waals surface area contributed by atoms with Crippen molar-refractivity contribution < 1.29 is 8.42 Å². The number of aromatic nitrogens is 1. The van der Waals surface area contributed by atoms with Crippen molar-refractivity contribution in [1.29, 1.82) is 0 Å². The molecule has 0 atom stereocenters. The average molecular weight is 305 g/mol. The molecular formula is C15H19N3O2S. The zero-order valence-electron chi connectivity index (χ0n) is 11.9. The third-order valence-corrected chi connectivity index (χ3v) is 4.34. The van der Waals surface area contributed by atoms with Crippen LogP contribution in [0.3, 0.4) is 0 Å². The number of sulfonamides is 1. The second-order valence-electron chi connectivity index (χ2n) is 4.59. The molecule has 0 unspecified atom stereocenters. The molecule has 0 aliphatic carbocycles. The first-order valence-electron chi connectivity index (χ1n) is 6.86. The Bertz CT molecular complexity index is 672. The SMILES string of the molecule is CCCNc1ncccc1S(=O)(=O)NCc1ccccc1. The number of benzene rings is 1. The molecule has 0 saturated heterocycles. The molecule has 21 heavy (non-hydrogen) atoms. The maximum Gasteiger partial charge on any atom is 0.244 e. The molecule has 2 aromatic rings. The fraction of sp³-hybridized carbons (Fsp3) is 0.267. The van der Waals surface area contributed by atoms with Crippen molar-refractivity contribution in [2.45, 2.75) is 24.8 Å². The van der Waals surface area contributed by atoms with E-state index in [9.17, 15) is 8.42 Å². The van der Waals surface area contributed by atoms with Gasteiger partial charge < -0.3 is 5.32 Å². The van der Waals surface area contributed by atoms with E-state index in [0.717, 1.165) is 12.0 Å². The normalized spacial score (nSPS) is 11.3. The first-order valence-corrected chi connectivity index (χ1v) is 8.34. The number of hydrogen-bond acceptors (Lipinski definition) is 4. The van der Waals surface area contributed by atoms with Crippen LogP contribution in [0.15, 0.2) is 53.6 Å². The van der Waals surface area contributed by atoms with Crippen molar-refractivity contribution in [3.8, 4) is 0 Å². The first-order chi connectivity index (χ1) is 10.1. The number of nitrogens with one attached hydrogen (secondary N) is 2. The molecule has 1 heterocycles. The van der Waals surface area contributed by atoms with Gasteiger partial charge in [0, 0.05) is 19.3 Å². The Hall–Kier alpha value is -1.92. The van der Waals surface area contributed by atoms with Gasteiger partial charge in [-0.05, 0) is 24.1 Å². The van der Waals surface area contributed by atoms with Crippen molar-refractivity contribution in [2.24, 2.45) is 0 Å². The smallest absolute Gasteiger partial charge is 0.244 e. The van der Waals surface area contributed by atoms with E-state index < -0.39 is 10.0 Å². The number of pyridine rings is 1. The summed E-state index contributed by atoms with van der Waals surface area (Å²) in [6.45, 7) is 2.95. The van der Waals surface area contributed by atoms with Crippen LogP contribution >= 0.6 is 0 Å². The van der Waals surface area contributed by atoms with Gasteiger partial charge in [-0.15, -0.1) is 0 Å². The van der Waals surface area contributed by atoms with Gasteiger partial charge in [-0.1, -0.05) is 37.3 Å². The molecule has 0 bridgehead atoms. The van der Waals surface area contributed by atoms with Gasteiger partial charge in [0.05, 0.1) is 0 Å². The number of anilines is 1. The Labute approximate surface area is 125 Å². The Morgan fingerprint density at radius 1 is 1.10 bits per heavy atom. The third-order valence-electron chi connectivity index (χ3n) is 2.91. The summed E-state index contributed by atoms with van der Waals surface area (Å²) in [6, 6.07) is 12.6. The van der Waals surface area contributed by atoms with Crippen molar-refractivity contribution in [3.63, 3.8) is 0 Å². The van der Waals surface area contributed by atoms with E-state index in [2.05, 4.69) is 15.0 Å². The molecule has 6 heteroatoms.